The van der Waals surface area contributed by atoms with E-state index in [4.69, 9.17) is 21.7 Å². The lowest BCUT2D eigenvalue weighted by molar-refractivity contribution is -0.940. The molecule has 1 aliphatic rings. The van der Waals surface area contributed by atoms with Crippen molar-refractivity contribution in [3.63, 3.8) is 0 Å². The minimum Gasteiger partial charge on any atom is -0.497 e. The minimum absolute atomic E-state index is 0.429. The van der Waals surface area contributed by atoms with Crippen LogP contribution in [-0.4, -0.2) is 29.9 Å². The van der Waals surface area contributed by atoms with Crippen molar-refractivity contribution in [2.24, 2.45) is 7.05 Å². The summed E-state index contributed by atoms with van der Waals surface area (Å²) < 4.78 is 15.9. The van der Waals surface area contributed by atoms with E-state index in [1.165, 1.54) is 16.9 Å². The molecule has 2 heterocycles. The Hall–Kier alpha value is -1.79. The highest BCUT2D eigenvalue weighted by atomic mass is 32.1. The molecule has 1 unspecified atom stereocenters. The number of aromatic nitrogens is 2. The molecule has 124 valence electrons. The van der Waals surface area contributed by atoms with Crippen LogP contribution in [-0.2, 0) is 13.7 Å². The second-order valence-electron chi connectivity index (χ2n) is 6.03. The Morgan fingerprint density at radius 1 is 1.26 bits per heavy atom. The average Bonchev–Trinajstić information content (AvgIpc) is 3.16. The van der Waals surface area contributed by atoms with E-state index in [0.717, 1.165) is 35.9 Å². The Morgan fingerprint density at radius 2 is 2.09 bits per heavy atom. The molecule has 0 bridgehead atoms. The number of ether oxygens (including phenoxy) is 2. The number of quaternary nitrogens is 1. The SMILES string of the molecule is COc1ccc([C@H]2CCC[NH+]2Cn2ccn(C)c2=S)c(OC)c1. The van der Waals surface area contributed by atoms with Crippen molar-refractivity contribution in [2.75, 3.05) is 20.8 Å². The van der Waals surface area contributed by atoms with Crippen LogP contribution in [0.3, 0.4) is 0 Å². The molecule has 1 aromatic carbocycles. The molecule has 1 N–H and O–H groups in total. The first-order valence-corrected chi connectivity index (χ1v) is 8.33. The quantitative estimate of drug-likeness (QED) is 0.849. The Bertz CT molecular complexity index is 738. The standard InChI is InChI=1S/C17H23N3O2S/c1-18-9-10-20(17(18)23)12-19-8-4-5-15(19)14-7-6-13(21-2)11-16(14)22-3/h6-7,9-11,15H,4-5,8,12H2,1-3H3/p+1/t15-/m1/s1. The minimum atomic E-state index is 0.429. The number of likely N-dealkylation sites (tertiary alicyclic amines) is 1. The number of benzene rings is 1. The second-order valence-corrected chi connectivity index (χ2v) is 6.40. The number of hydrogen-bond donors (Lipinski definition) is 1. The van der Waals surface area contributed by atoms with E-state index in [0.29, 0.717) is 6.04 Å². The van der Waals surface area contributed by atoms with Crippen LogP contribution < -0.4 is 14.4 Å². The average molecular weight is 334 g/mol. The van der Waals surface area contributed by atoms with Gasteiger partial charge in [-0.05, 0) is 24.4 Å². The molecule has 0 saturated carbocycles. The first-order valence-electron chi connectivity index (χ1n) is 7.92. The summed E-state index contributed by atoms with van der Waals surface area (Å²) in [5, 5.41) is 0. The third-order valence-corrected chi connectivity index (χ3v) is 5.21. The Balaban J connectivity index is 1.87. The van der Waals surface area contributed by atoms with Gasteiger partial charge in [0.05, 0.1) is 26.3 Å². The molecule has 0 spiro atoms. The van der Waals surface area contributed by atoms with Crippen molar-refractivity contribution >= 4 is 12.2 Å². The maximum atomic E-state index is 5.60. The lowest BCUT2D eigenvalue weighted by atomic mass is 10.0. The van der Waals surface area contributed by atoms with Gasteiger partial charge in [-0.3, -0.25) is 4.57 Å². The van der Waals surface area contributed by atoms with Gasteiger partial charge in [0, 0.05) is 38.3 Å². The van der Waals surface area contributed by atoms with Gasteiger partial charge >= 0.3 is 0 Å². The van der Waals surface area contributed by atoms with Crippen molar-refractivity contribution in [1.29, 1.82) is 0 Å². The largest absolute Gasteiger partial charge is 0.497 e. The number of aryl methyl sites for hydroxylation is 1. The van der Waals surface area contributed by atoms with E-state index in [2.05, 4.69) is 16.8 Å². The van der Waals surface area contributed by atoms with E-state index < -0.39 is 0 Å². The van der Waals surface area contributed by atoms with Crippen LogP contribution in [0.25, 0.3) is 0 Å². The molecular formula is C17H24N3O2S+. The van der Waals surface area contributed by atoms with Gasteiger partial charge in [-0.15, -0.1) is 0 Å². The van der Waals surface area contributed by atoms with Crippen LogP contribution in [0, 0.1) is 4.77 Å². The lowest BCUT2D eigenvalue weighted by Crippen LogP contribution is -3.09. The maximum Gasteiger partial charge on any atom is 0.183 e. The van der Waals surface area contributed by atoms with E-state index >= 15 is 0 Å². The molecular weight excluding hydrogens is 310 g/mol. The monoisotopic (exact) mass is 334 g/mol. The number of imidazole rings is 1. The highest BCUT2D eigenvalue weighted by molar-refractivity contribution is 7.71. The molecule has 1 aromatic heterocycles. The zero-order valence-corrected chi connectivity index (χ0v) is 14.7. The fourth-order valence-corrected chi connectivity index (χ4v) is 3.62. The van der Waals surface area contributed by atoms with Crippen LogP contribution in [0.15, 0.2) is 30.6 Å². The number of rotatable bonds is 5. The van der Waals surface area contributed by atoms with Crippen molar-refractivity contribution in [1.82, 2.24) is 9.13 Å². The predicted octanol–water partition coefficient (Wildman–Crippen LogP) is 1.95. The van der Waals surface area contributed by atoms with E-state index in [-0.39, 0.29) is 0 Å². The highest BCUT2D eigenvalue weighted by Gasteiger charge is 2.32. The van der Waals surface area contributed by atoms with Crippen molar-refractivity contribution < 1.29 is 14.4 Å². The molecule has 2 aromatic rings. The van der Waals surface area contributed by atoms with Crippen LogP contribution >= 0.6 is 12.2 Å². The molecule has 0 amide bonds. The van der Waals surface area contributed by atoms with Gasteiger partial charge in [0.1, 0.15) is 17.5 Å². The summed E-state index contributed by atoms with van der Waals surface area (Å²) in [6, 6.07) is 6.55. The Kier molecular flexibility index (Phi) is 4.73. The summed E-state index contributed by atoms with van der Waals surface area (Å²) in [4.78, 5) is 1.52. The molecule has 5 nitrogen and oxygen atoms in total. The molecule has 1 fully saturated rings. The smallest absolute Gasteiger partial charge is 0.183 e. The molecule has 0 radical (unpaired) electrons. The van der Waals surface area contributed by atoms with Crippen LogP contribution in [0.4, 0.5) is 0 Å². The first kappa shape index (κ1) is 16.1. The number of methoxy groups -OCH3 is 2. The fourth-order valence-electron chi connectivity index (χ4n) is 3.43. The van der Waals surface area contributed by atoms with Crippen molar-refractivity contribution in [3.8, 4) is 11.5 Å². The summed E-state index contributed by atoms with van der Waals surface area (Å²) in [6.45, 7) is 2.04. The molecule has 6 heteroatoms. The number of nitrogens with one attached hydrogen (secondary N) is 1. The predicted molar refractivity (Wildman–Crippen MR) is 91.6 cm³/mol. The zero-order chi connectivity index (χ0) is 16.4. The summed E-state index contributed by atoms with van der Waals surface area (Å²) in [5.74, 6) is 1.74. The number of hydrogen-bond acceptors (Lipinski definition) is 3. The van der Waals surface area contributed by atoms with Gasteiger partial charge < -0.3 is 18.9 Å². The maximum absolute atomic E-state index is 5.60. The third kappa shape index (κ3) is 3.14. The molecule has 1 saturated heterocycles. The second kappa shape index (κ2) is 6.76. The number of nitrogens with zero attached hydrogens (tertiary/aromatic N) is 2. The van der Waals surface area contributed by atoms with E-state index in [1.54, 1.807) is 14.2 Å². The molecule has 1 aliphatic heterocycles. The first-order chi connectivity index (χ1) is 11.1. The normalized spacial score (nSPS) is 20.7. The van der Waals surface area contributed by atoms with Gasteiger partial charge in [-0.25, -0.2) is 0 Å². The van der Waals surface area contributed by atoms with Crippen LogP contribution in [0.5, 0.6) is 11.5 Å². The van der Waals surface area contributed by atoms with Gasteiger partial charge in [0.15, 0.2) is 11.4 Å². The van der Waals surface area contributed by atoms with Gasteiger partial charge in [0.25, 0.3) is 0 Å². The molecule has 23 heavy (non-hydrogen) atoms. The summed E-state index contributed by atoms with van der Waals surface area (Å²) in [6.07, 6.45) is 6.46. The van der Waals surface area contributed by atoms with E-state index in [1.807, 2.05) is 29.9 Å². The lowest BCUT2D eigenvalue weighted by Gasteiger charge is -2.23. The van der Waals surface area contributed by atoms with Crippen LogP contribution in [0.2, 0.25) is 0 Å². The van der Waals surface area contributed by atoms with Crippen LogP contribution in [0.1, 0.15) is 24.4 Å². The van der Waals surface area contributed by atoms with Crippen molar-refractivity contribution in [2.45, 2.75) is 25.6 Å². The topological polar surface area (TPSA) is 32.8 Å². The molecule has 0 aliphatic carbocycles. The molecule has 3 rings (SSSR count). The van der Waals surface area contributed by atoms with E-state index in [9.17, 15) is 0 Å². The summed E-state index contributed by atoms with van der Waals surface area (Å²) >= 11 is 5.47. The third-order valence-electron chi connectivity index (χ3n) is 4.69. The van der Waals surface area contributed by atoms with Gasteiger partial charge in [0.2, 0.25) is 0 Å². The summed E-state index contributed by atoms with van der Waals surface area (Å²) in [5.41, 5.74) is 1.25. The van der Waals surface area contributed by atoms with Crippen molar-refractivity contribution in [3.05, 3.63) is 40.9 Å². The zero-order valence-electron chi connectivity index (χ0n) is 13.9. The Morgan fingerprint density at radius 3 is 2.74 bits per heavy atom. The highest BCUT2D eigenvalue weighted by Crippen LogP contribution is 2.31. The Labute approximate surface area is 142 Å². The summed E-state index contributed by atoms with van der Waals surface area (Å²) in [7, 11) is 5.39. The fraction of sp³-hybridized carbons (Fsp3) is 0.471. The molecule has 2 atom stereocenters. The van der Waals surface area contributed by atoms with Gasteiger partial charge in [-0.2, -0.15) is 0 Å². The van der Waals surface area contributed by atoms with Gasteiger partial charge in [-0.1, -0.05) is 0 Å².